The van der Waals surface area contributed by atoms with Gasteiger partial charge in [0.2, 0.25) is 11.2 Å². The summed E-state index contributed by atoms with van der Waals surface area (Å²) in [6.45, 7) is 0. The van der Waals surface area contributed by atoms with E-state index in [2.05, 4.69) is 0 Å². The van der Waals surface area contributed by atoms with Crippen LogP contribution in [0.5, 0.6) is 28.7 Å². The molecule has 0 atom stereocenters. The minimum absolute atomic E-state index is 0. The van der Waals surface area contributed by atoms with Gasteiger partial charge in [0.1, 0.15) is 22.5 Å². The number of phenols is 2. The van der Waals surface area contributed by atoms with E-state index in [-0.39, 0.29) is 63.5 Å². The monoisotopic (exact) mass is 353 g/mol. The Morgan fingerprint density at radius 2 is 1.68 bits per heavy atom. The predicted molar refractivity (Wildman–Crippen MR) is 86.0 cm³/mol. The number of benzene rings is 2. The van der Waals surface area contributed by atoms with Crippen LogP contribution in [0.1, 0.15) is 0 Å². The summed E-state index contributed by atoms with van der Waals surface area (Å²) >= 11 is 0. The second-order valence-electron chi connectivity index (χ2n) is 5.02. The molecule has 0 fully saturated rings. The molecule has 2 aromatic carbocycles. The first-order valence-electron chi connectivity index (χ1n) is 6.90. The third-order valence-electron chi connectivity index (χ3n) is 3.60. The SMILES string of the molecule is COc1cc(O)c2c(=O)c(O)c(-c3ccc(O)c(OC)c3)oc2c1.[Na+]. The molecule has 3 N–H and O–H groups in total. The Morgan fingerprint density at radius 3 is 2.32 bits per heavy atom. The first-order valence-corrected chi connectivity index (χ1v) is 6.90. The standard InChI is InChI=1S/C17H14O7.Na/c1-22-9-6-11(19)14-13(7-9)24-17(16(21)15(14)20)8-3-4-10(18)12(5-8)23-2;/h3-7,18-19,21H,1-2H3;/q;+1. The van der Waals surface area contributed by atoms with Crippen LogP contribution in [0.25, 0.3) is 22.3 Å². The van der Waals surface area contributed by atoms with Crippen LogP contribution < -0.4 is 44.5 Å². The minimum atomic E-state index is -0.779. The summed E-state index contributed by atoms with van der Waals surface area (Å²) in [5.74, 6) is -0.771. The van der Waals surface area contributed by atoms with Crippen molar-refractivity contribution in [3.8, 4) is 40.1 Å². The molecule has 0 aliphatic carbocycles. The van der Waals surface area contributed by atoms with Crippen LogP contribution in [0.3, 0.4) is 0 Å². The fourth-order valence-electron chi connectivity index (χ4n) is 2.40. The van der Waals surface area contributed by atoms with Gasteiger partial charge in [-0.1, -0.05) is 0 Å². The largest absolute Gasteiger partial charge is 1.00 e. The van der Waals surface area contributed by atoms with Gasteiger partial charge in [-0.2, -0.15) is 0 Å². The summed E-state index contributed by atoms with van der Waals surface area (Å²) in [5.41, 5.74) is -0.404. The average molecular weight is 353 g/mol. The summed E-state index contributed by atoms with van der Waals surface area (Å²) in [7, 11) is 2.78. The quantitative estimate of drug-likeness (QED) is 0.550. The summed E-state index contributed by atoms with van der Waals surface area (Å²) in [4.78, 5) is 12.4. The molecular weight excluding hydrogens is 339 g/mol. The Balaban J connectivity index is 0.00000225. The van der Waals surface area contributed by atoms with E-state index >= 15 is 0 Å². The van der Waals surface area contributed by atoms with E-state index in [1.54, 1.807) is 0 Å². The van der Waals surface area contributed by atoms with Gasteiger partial charge in [-0.3, -0.25) is 4.79 Å². The first kappa shape index (κ1) is 19.0. The van der Waals surface area contributed by atoms with Crippen molar-refractivity contribution in [1.82, 2.24) is 0 Å². The molecule has 25 heavy (non-hydrogen) atoms. The van der Waals surface area contributed by atoms with E-state index in [1.165, 1.54) is 44.6 Å². The summed E-state index contributed by atoms with van der Waals surface area (Å²) in [5, 5.41) is 29.6. The van der Waals surface area contributed by atoms with Gasteiger partial charge in [-0.05, 0) is 18.2 Å². The van der Waals surface area contributed by atoms with Crippen molar-refractivity contribution in [3.63, 3.8) is 0 Å². The van der Waals surface area contributed by atoms with Gasteiger partial charge in [0.05, 0.1) is 14.2 Å². The van der Waals surface area contributed by atoms with E-state index in [0.29, 0.717) is 11.3 Å². The normalized spacial score (nSPS) is 10.3. The first-order chi connectivity index (χ1) is 11.5. The molecule has 0 bridgehead atoms. The molecule has 0 unspecified atom stereocenters. The molecule has 3 rings (SSSR count). The third-order valence-corrected chi connectivity index (χ3v) is 3.60. The van der Waals surface area contributed by atoms with E-state index in [4.69, 9.17) is 13.9 Å². The van der Waals surface area contributed by atoms with E-state index in [1.807, 2.05) is 0 Å². The zero-order valence-electron chi connectivity index (χ0n) is 13.9. The maximum atomic E-state index is 12.4. The Bertz CT molecular complexity index is 994. The van der Waals surface area contributed by atoms with Gasteiger partial charge < -0.3 is 29.2 Å². The second-order valence-corrected chi connectivity index (χ2v) is 5.02. The number of aromatic hydroxyl groups is 3. The molecule has 0 saturated carbocycles. The Hall–Kier alpha value is -2.35. The maximum Gasteiger partial charge on any atom is 1.00 e. The minimum Gasteiger partial charge on any atom is -0.507 e. The van der Waals surface area contributed by atoms with Gasteiger partial charge in [-0.15, -0.1) is 0 Å². The van der Waals surface area contributed by atoms with Gasteiger partial charge >= 0.3 is 29.6 Å². The smallest absolute Gasteiger partial charge is 0.507 e. The topological polar surface area (TPSA) is 109 Å². The van der Waals surface area contributed by atoms with Crippen LogP contribution in [0.2, 0.25) is 0 Å². The van der Waals surface area contributed by atoms with Crippen molar-refractivity contribution in [2.75, 3.05) is 14.2 Å². The Morgan fingerprint density at radius 1 is 0.960 bits per heavy atom. The molecule has 8 heteroatoms. The second kappa shape index (κ2) is 7.26. The van der Waals surface area contributed by atoms with Crippen molar-refractivity contribution in [3.05, 3.63) is 40.6 Å². The molecule has 1 aromatic heterocycles. The molecule has 0 spiro atoms. The zero-order valence-corrected chi connectivity index (χ0v) is 15.9. The molecule has 0 radical (unpaired) electrons. The predicted octanol–water partition coefficient (Wildman–Crippen LogP) is -0.402. The molecular formula is C17H14NaO7+. The summed E-state index contributed by atoms with van der Waals surface area (Å²) < 4.78 is 15.6. The van der Waals surface area contributed by atoms with E-state index in [9.17, 15) is 20.1 Å². The van der Waals surface area contributed by atoms with Crippen LogP contribution >= 0.6 is 0 Å². The summed E-state index contributed by atoms with van der Waals surface area (Å²) in [6, 6.07) is 6.90. The van der Waals surface area contributed by atoms with Crippen LogP contribution in [0.15, 0.2) is 39.5 Å². The summed E-state index contributed by atoms with van der Waals surface area (Å²) in [6.07, 6.45) is 0. The van der Waals surface area contributed by atoms with Gasteiger partial charge in [-0.25, -0.2) is 0 Å². The number of methoxy groups -OCH3 is 2. The number of ether oxygens (including phenoxy) is 2. The van der Waals surface area contributed by atoms with Crippen LogP contribution in [0.4, 0.5) is 0 Å². The maximum absolute atomic E-state index is 12.4. The van der Waals surface area contributed by atoms with Crippen LogP contribution in [-0.4, -0.2) is 29.5 Å². The van der Waals surface area contributed by atoms with Crippen molar-refractivity contribution in [1.29, 1.82) is 0 Å². The third kappa shape index (κ3) is 3.26. The number of phenolic OH excluding ortho intramolecular Hbond substituents is 2. The van der Waals surface area contributed by atoms with Crippen LogP contribution in [0, 0.1) is 0 Å². The molecule has 7 nitrogen and oxygen atoms in total. The Kier molecular flexibility index (Phi) is 5.52. The van der Waals surface area contributed by atoms with Crippen molar-refractivity contribution >= 4 is 11.0 Å². The van der Waals surface area contributed by atoms with Gasteiger partial charge in [0.15, 0.2) is 17.3 Å². The number of fused-ring (bicyclic) bond motifs is 1. The van der Waals surface area contributed by atoms with Crippen molar-refractivity contribution < 1.29 is 58.8 Å². The number of hydrogen-bond donors (Lipinski definition) is 3. The van der Waals surface area contributed by atoms with E-state index < -0.39 is 11.2 Å². The molecule has 3 aromatic rings. The van der Waals surface area contributed by atoms with Gasteiger partial charge in [0, 0.05) is 17.7 Å². The molecule has 0 amide bonds. The number of hydrogen-bond acceptors (Lipinski definition) is 7. The van der Waals surface area contributed by atoms with Crippen molar-refractivity contribution in [2.45, 2.75) is 0 Å². The number of rotatable bonds is 3. The molecule has 1 heterocycles. The van der Waals surface area contributed by atoms with Crippen molar-refractivity contribution in [2.24, 2.45) is 0 Å². The molecule has 0 saturated heterocycles. The molecule has 124 valence electrons. The fourth-order valence-corrected chi connectivity index (χ4v) is 2.40. The molecule has 0 aliphatic heterocycles. The van der Waals surface area contributed by atoms with E-state index in [0.717, 1.165) is 0 Å². The molecule has 0 aliphatic rings. The van der Waals surface area contributed by atoms with Crippen LogP contribution in [-0.2, 0) is 0 Å². The zero-order chi connectivity index (χ0) is 17.4. The fraction of sp³-hybridized carbons (Fsp3) is 0.118. The van der Waals surface area contributed by atoms with Gasteiger partial charge in [0.25, 0.3) is 0 Å². The average Bonchev–Trinajstić information content (AvgIpc) is 2.58. The Labute approximate surface area is 164 Å².